The van der Waals surface area contributed by atoms with Crippen LogP contribution in [0.1, 0.15) is 32.3 Å². The first-order valence-electron chi connectivity index (χ1n) is 11.9. The van der Waals surface area contributed by atoms with Gasteiger partial charge in [-0.2, -0.15) is 0 Å². The Labute approximate surface area is 206 Å². The summed E-state index contributed by atoms with van der Waals surface area (Å²) >= 11 is 0. The molecule has 0 spiro atoms. The second-order valence-corrected chi connectivity index (χ2v) is 8.81. The van der Waals surface area contributed by atoms with Crippen LogP contribution in [0.3, 0.4) is 0 Å². The van der Waals surface area contributed by atoms with Crippen LogP contribution in [-0.2, 0) is 39.8 Å². The van der Waals surface area contributed by atoms with Crippen LogP contribution in [0.5, 0.6) is 0 Å². The van der Waals surface area contributed by atoms with Gasteiger partial charge in [0.1, 0.15) is 18.7 Å². The maximum absolute atomic E-state index is 13.1. The summed E-state index contributed by atoms with van der Waals surface area (Å²) < 4.78 is 15.4. The van der Waals surface area contributed by atoms with Crippen LogP contribution < -0.4 is 16.0 Å². The molecule has 1 fully saturated rings. The summed E-state index contributed by atoms with van der Waals surface area (Å²) in [6, 6.07) is 7.20. The molecule has 1 aromatic rings. The van der Waals surface area contributed by atoms with E-state index in [9.17, 15) is 19.2 Å². The molecule has 2 atom stereocenters. The first-order valence-corrected chi connectivity index (χ1v) is 11.9. The number of ketones is 1. The van der Waals surface area contributed by atoms with Gasteiger partial charge in [-0.1, -0.05) is 44.2 Å². The lowest BCUT2D eigenvalue weighted by atomic mass is 9.99. The molecule has 0 radical (unpaired) electrons. The van der Waals surface area contributed by atoms with Gasteiger partial charge in [0, 0.05) is 19.6 Å². The predicted molar refractivity (Wildman–Crippen MR) is 129 cm³/mol. The lowest BCUT2D eigenvalue weighted by molar-refractivity contribution is -0.140. The predicted octanol–water partition coefficient (Wildman–Crippen LogP) is 0.382. The Balaban J connectivity index is 1.93. The van der Waals surface area contributed by atoms with Crippen LogP contribution in [0.25, 0.3) is 0 Å². The van der Waals surface area contributed by atoms with Crippen molar-refractivity contribution in [3.8, 4) is 0 Å². The van der Waals surface area contributed by atoms with Crippen molar-refractivity contribution in [2.45, 2.75) is 51.2 Å². The maximum atomic E-state index is 13.1. The van der Waals surface area contributed by atoms with E-state index in [1.807, 2.05) is 30.3 Å². The number of hydrogen-bond acceptors (Lipinski definition) is 7. The second-order valence-electron chi connectivity index (χ2n) is 8.81. The molecule has 10 nitrogen and oxygen atoms in total. The second kappa shape index (κ2) is 15.2. The van der Waals surface area contributed by atoms with Crippen LogP contribution in [0.15, 0.2) is 30.3 Å². The van der Waals surface area contributed by atoms with E-state index in [0.717, 1.165) is 18.4 Å². The highest BCUT2D eigenvalue weighted by molar-refractivity contribution is 6.38. The number of carbonyl (C=O) groups is 4. The van der Waals surface area contributed by atoms with E-state index in [2.05, 4.69) is 16.0 Å². The highest BCUT2D eigenvalue weighted by Gasteiger charge is 2.34. The molecule has 1 aliphatic carbocycles. The molecular formula is C25H37N3O7. The topological polar surface area (TPSA) is 132 Å². The number of rotatable bonds is 17. The third-order valence-corrected chi connectivity index (χ3v) is 5.35. The number of carbonyl (C=O) groups excluding carboxylic acids is 4. The van der Waals surface area contributed by atoms with Gasteiger partial charge in [-0.05, 0) is 24.3 Å². The summed E-state index contributed by atoms with van der Waals surface area (Å²) in [6.07, 6.45) is 1.85. The molecule has 2 rings (SSSR count). The van der Waals surface area contributed by atoms with Crippen LogP contribution in [0.4, 0.5) is 0 Å². The van der Waals surface area contributed by atoms with Crippen LogP contribution >= 0.6 is 0 Å². The third-order valence-electron chi connectivity index (χ3n) is 5.35. The molecule has 1 aliphatic rings. The van der Waals surface area contributed by atoms with Gasteiger partial charge in [-0.15, -0.1) is 0 Å². The quantitative estimate of drug-likeness (QED) is 0.212. The third kappa shape index (κ3) is 11.0. The summed E-state index contributed by atoms with van der Waals surface area (Å²) in [5.74, 6) is -2.68. The number of benzene rings is 1. The van der Waals surface area contributed by atoms with Gasteiger partial charge < -0.3 is 30.2 Å². The van der Waals surface area contributed by atoms with E-state index in [1.165, 1.54) is 0 Å². The van der Waals surface area contributed by atoms with Crippen molar-refractivity contribution in [2.75, 3.05) is 40.1 Å². The highest BCUT2D eigenvalue weighted by atomic mass is 16.5. The monoisotopic (exact) mass is 491 g/mol. The molecule has 0 aliphatic heterocycles. The van der Waals surface area contributed by atoms with Crippen molar-refractivity contribution < 1.29 is 33.4 Å². The van der Waals surface area contributed by atoms with Crippen LogP contribution in [0.2, 0.25) is 0 Å². The molecule has 35 heavy (non-hydrogen) atoms. The molecule has 0 heterocycles. The van der Waals surface area contributed by atoms with Gasteiger partial charge in [0.2, 0.25) is 17.6 Å². The molecular weight excluding hydrogens is 454 g/mol. The minimum atomic E-state index is -1.05. The average molecular weight is 492 g/mol. The molecule has 1 saturated carbocycles. The van der Waals surface area contributed by atoms with Gasteiger partial charge in [0.05, 0.1) is 26.4 Å². The molecule has 194 valence electrons. The molecule has 1 aromatic carbocycles. The van der Waals surface area contributed by atoms with E-state index < -0.39 is 35.6 Å². The van der Waals surface area contributed by atoms with Crippen LogP contribution in [0, 0.1) is 5.92 Å². The van der Waals surface area contributed by atoms with Crippen molar-refractivity contribution >= 4 is 23.5 Å². The largest absolute Gasteiger partial charge is 0.382 e. The number of methoxy groups -OCH3 is 1. The average Bonchev–Trinajstić information content (AvgIpc) is 3.65. The van der Waals surface area contributed by atoms with Crippen molar-refractivity contribution in [1.82, 2.24) is 16.0 Å². The Morgan fingerprint density at radius 2 is 1.60 bits per heavy atom. The van der Waals surface area contributed by atoms with E-state index in [4.69, 9.17) is 14.2 Å². The van der Waals surface area contributed by atoms with Crippen molar-refractivity contribution in [3.05, 3.63) is 35.9 Å². The van der Waals surface area contributed by atoms with Gasteiger partial charge in [-0.25, -0.2) is 0 Å². The first-order chi connectivity index (χ1) is 16.8. The fraction of sp³-hybridized carbons (Fsp3) is 0.600. The Kier molecular flexibility index (Phi) is 12.4. The molecule has 3 amide bonds. The summed E-state index contributed by atoms with van der Waals surface area (Å²) in [6.45, 7) is 4.77. The van der Waals surface area contributed by atoms with Crippen LogP contribution in [-0.4, -0.2) is 81.8 Å². The Bertz CT molecular complexity index is 828. The zero-order valence-electron chi connectivity index (χ0n) is 20.7. The van der Waals surface area contributed by atoms with Gasteiger partial charge >= 0.3 is 0 Å². The van der Waals surface area contributed by atoms with Gasteiger partial charge in [-0.3, -0.25) is 19.2 Å². The first kappa shape index (κ1) is 28.4. The zero-order valence-corrected chi connectivity index (χ0v) is 20.7. The normalized spacial score (nSPS) is 14.7. The SMILES string of the molecule is COCCOCCOCC(=O)N[C@H](C(=O)NC(Cc1ccccc1)C(=O)C(=O)NC1CC1)C(C)C. The van der Waals surface area contributed by atoms with E-state index in [-0.39, 0.29) is 31.6 Å². The number of hydrogen-bond donors (Lipinski definition) is 3. The fourth-order valence-corrected chi connectivity index (χ4v) is 3.24. The Hall–Kier alpha value is -2.82. The smallest absolute Gasteiger partial charge is 0.289 e. The summed E-state index contributed by atoms with van der Waals surface area (Å²) in [7, 11) is 1.58. The molecule has 1 unspecified atom stereocenters. The zero-order chi connectivity index (χ0) is 25.6. The number of amides is 3. The maximum Gasteiger partial charge on any atom is 0.289 e. The number of Topliss-reactive ketones (excluding diaryl/α,β-unsaturated/α-hetero) is 1. The minimum Gasteiger partial charge on any atom is -0.382 e. The Morgan fingerprint density at radius 1 is 0.943 bits per heavy atom. The molecule has 0 bridgehead atoms. The van der Waals surface area contributed by atoms with E-state index in [0.29, 0.717) is 19.8 Å². The summed E-state index contributed by atoms with van der Waals surface area (Å²) in [5.41, 5.74) is 0.802. The number of ether oxygens (including phenoxy) is 3. The molecule has 0 saturated heterocycles. The van der Waals surface area contributed by atoms with E-state index in [1.54, 1.807) is 21.0 Å². The minimum absolute atomic E-state index is 0.0209. The van der Waals surface area contributed by atoms with Crippen molar-refractivity contribution in [1.29, 1.82) is 0 Å². The van der Waals surface area contributed by atoms with Gasteiger partial charge in [0.25, 0.3) is 5.91 Å². The highest BCUT2D eigenvalue weighted by Crippen LogP contribution is 2.18. The number of nitrogens with one attached hydrogen (secondary N) is 3. The van der Waals surface area contributed by atoms with Crippen molar-refractivity contribution in [3.63, 3.8) is 0 Å². The molecule has 3 N–H and O–H groups in total. The Morgan fingerprint density at radius 3 is 2.23 bits per heavy atom. The standard InChI is InChI=1S/C25H37N3O7/c1-17(2)22(28-21(29)16-35-14-13-34-12-11-33-3)24(31)27-20(15-18-7-5-4-6-8-18)23(30)25(32)26-19-9-10-19/h4-8,17,19-20,22H,9-16H2,1-3H3,(H,26,32)(H,27,31)(H,28,29)/t20?,22-/m0/s1. The summed E-state index contributed by atoms with van der Waals surface area (Å²) in [4.78, 5) is 50.7. The summed E-state index contributed by atoms with van der Waals surface area (Å²) in [5, 5.41) is 8.02. The lowest BCUT2D eigenvalue weighted by Crippen LogP contribution is -2.56. The van der Waals surface area contributed by atoms with Gasteiger partial charge in [0.15, 0.2) is 0 Å². The molecule has 0 aromatic heterocycles. The lowest BCUT2D eigenvalue weighted by Gasteiger charge is -2.25. The van der Waals surface area contributed by atoms with Crippen molar-refractivity contribution in [2.24, 2.45) is 5.92 Å². The molecule has 10 heteroatoms. The fourth-order valence-electron chi connectivity index (χ4n) is 3.24. The van der Waals surface area contributed by atoms with E-state index >= 15 is 0 Å².